The van der Waals surface area contributed by atoms with Crippen molar-refractivity contribution in [1.82, 2.24) is 0 Å². The van der Waals surface area contributed by atoms with E-state index in [0.717, 1.165) is 11.1 Å². The predicted octanol–water partition coefficient (Wildman–Crippen LogP) is 7.38. The summed E-state index contributed by atoms with van der Waals surface area (Å²) in [5.41, 5.74) is 1.44. The van der Waals surface area contributed by atoms with Crippen LogP contribution in [0, 0.1) is 0 Å². The van der Waals surface area contributed by atoms with Crippen LogP contribution in [0.2, 0.25) is 20.1 Å². The van der Waals surface area contributed by atoms with E-state index in [2.05, 4.69) is 13.2 Å². The summed E-state index contributed by atoms with van der Waals surface area (Å²) in [6.45, 7) is 7.32. The van der Waals surface area contributed by atoms with Crippen LogP contribution in [0.1, 0.15) is 11.1 Å². The van der Waals surface area contributed by atoms with Gasteiger partial charge in [0.05, 0.1) is 10.0 Å². The maximum absolute atomic E-state index is 6.18. The number of benzene rings is 2. The molecule has 108 valence electrons. The Kier molecular flexibility index (Phi) is 5.23. The Labute approximate surface area is 143 Å². The van der Waals surface area contributed by atoms with Crippen molar-refractivity contribution in [3.8, 4) is 11.5 Å². The van der Waals surface area contributed by atoms with Gasteiger partial charge >= 0.3 is 0 Å². The molecule has 0 bridgehead atoms. The van der Waals surface area contributed by atoms with E-state index < -0.39 is 0 Å². The molecule has 0 atom stereocenters. The van der Waals surface area contributed by atoms with E-state index in [4.69, 9.17) is 51.1 Å². The zero-order valence-electron chi connectivity index (χ0n) is 10.8. The molecule has 0 radical (unpaired) electrons. The van der Waals surface area contributed by atoms with Crippen molar-refractivity contribution >= 4 is 58.6 Å². The van der Waals surface area contributed by atoms with E-state index in [-0.39, 0.29) is 10.0 Å². The van der Waals surface area contributed by atoms with Gasteiger partial charge < -0.3 is 4.74 Å². The van der Waals surface area contributed by atoms with Crippen molar-refractivity contribution in [2.45, 2.75) is 0 Å². The molecule has 5 heteroatoms. The Hall–Kier alpha value is -1.12. The highest BCUT2D eigenvalue weighted by Crippen LogP contribution is 2.41. The van der Waals surface area contributed by atoms with E-state index in [9.17, 15) is 0 Å². The summed E-state index contributed by atoms with van der Waals surface area (Å²) < 4.78 is 5.70. The summed E-state index contributed by atoms with van der Waals surface area (Å²) in [6, 6.07) is 6.89. The van der Waals surface area contributed by atoms with Crippen molar-refractivity contribution < 1.29 is 4.74 Å². The molecule has 0 aliphatic heterocycles. The number of hydrogen-bond donors (Lipinski definition) is 0. The highest BCUT2D eigenvalue weighted by atomic mass is 35.5. The van der Waals surface area contributed by atoms with Gasteiger partial charge in [0.25, 0.3) is 0 Å². The molecule has 1 nitrogen and oxygen atoms in total. The van der Waals surface area contributed by atoms with E-state index in [1.54, 1.807) is 36.4 Å². The Morgan fingerprint density at radius 2 is 1.05 bits per heavy atom. The summed E-state index contributed by atoms with van der Waals surface area (Å²) >= 11 is 24.6. The molecule has 0 saturated carbocycles. The van der Waals surface area contributed by atoms with Crippen molar-refractivity contribution in [3.63, 3.8) is 0 Å². The van der Waals surface area contributed by atoms with Crippen LogP contribution in [-0.2, 0) is 0 Å². The average Bonchev–Trinajstić information content (AvgIpc) is 2.49. The van der Waals surface area contributed by atoms with Crippen LogP contribution < -0.4 is 4.74 Å². The number of ether oxygens (including phenoxy) is 1. The monoisotopic (exact) mass is 358 g/mol. The van der Waals surface area contributed by atoms with Crippen LogP contribution in [0.3, 0.4) is 0 Å². The quantitative estimate of drug-likeness (QED) is 0.553. The first kappa shape index (κ1) is 16.3. The second kappa shape index (κ2) is 6.76. The van der Waals surface area contributed by atoms with Gasteiger partial charge in [0.2, 0.25) is 0 Å². The number of hydrogen-bond acceptors (Lipinski definition) is 1. The number of halogens is 4. The largest absolute Gasteiger partial charge is 0.454 e. The molecule has 2 rings (SSSR count). The van der Waals surface area contributed by atoms with Gasteiger partial charge in [-0.15, -0.1) is 0 Å². The van der Waals surface area contributed by atoms with E-state index in [0.29, 0.717) is 21.5 Å². The molecular weight excluding hydrogens is 350 g/mol. The molecular formula is C16H10Cl4O. The Morgan fingerprint density at radius 1 is 0.667 bits per heavy atom. The van der Waals surface area contributed by atoms with Gasteiger partial charge in [-0.25, -0.2) is 0 Å². The Bertz CT molecular complexity index is 661. The molecule has 0 unspecified atom stereocenters. The zero-order chi connectivity index (χ0) is 15.6. The maximum atomic E-state index is 6.18. The van der Waals surface area contributed by atoms with Gasteiger partial charge in [-0.05, 0) is 35.4 Å². The fourth-order valence-corrected chi connectivity index (χ4v) is 2.57. The first-order valence-corrected chi connectivity index (χ1v) is 7.39. The Morgan fingerprint density at radius 3 is 1.38 bits per heavy atom. The molecule has 0 heterocycles. The van der Waals surface area contributed by atoms with Crippen LogP contribution >= 0.6 is 46.4 Å². The van der Waals surface area contributed by atoms with Gasteiger partial charge in [-0.3, -0.25) is 0 Å². The fraction of sp³-hybridized carbons (Fsp3) is 0. The second-order valence-electron chi connectivity index (χ2n) is 4.07. The first-order chi connectivity index (χ1) is 9.99. The summed E-state index contributed by atoms with van der Waals surface area (Å²) in [7, 11) is 0. The molecule has 0 amide bonds. The van der Waals surface area contributed by atoms with Gasteiger partial charge in [0.1, 0.15) is 21.5 Å². The van der Waals surface area contributed by atoms with Crippen molar-refractivity contribution in [2.75, 3.05) is 0 Å². The second-order valence-corrected chi connectivity index (χ2v) is 5.58. The fourth-order valence-electron chi connectivity index (χ4n) is 1.68. The highest BCUT2D eigenvalue weighted by molar-refractivity contribution is 6.44. The minimum absolute atomic E-state index is 0.286. The van der Waals surface area contributed by atoms with Crippen LogP contribution in [-0.4, -0.2) is 0 Å². The van der Waals surface area contributed by atoms with Gasteiger partial charge in [-0.2, -0.15) is 0 Å². The van der Waals surface area contributed by atoms with Crippen molar-refractivity contribution in [2.24, 2.45) is 0 Å². The normalized spacial score (nSPS) is 10.3. The standard InChI is InChI=1S/C16H10Cl4O/c1-3-9-5-7-11(15(19)13(9)17)21-12-8-6-10(4-2)14(18)16(12)20/h3-8H,1-2H2. The molecule has 0 saturated heterocycles. The molecule has 0 N–H and O–H groups in total. The van der Waals surface area contributed by atoms with E-state index in [1.165, 1.54) is 0 Å². The molecule has 0 fully saturated rings. The molecule has 0 aliphatic rings. The molecule has 0 aliphatic carbocycles. The van der Waals surface area contributed by atoms with Crippen LogP contribution in [0.25, 0.3) is 12.2 Å². The molecule has 0 aromatic heterocycles. The maximum Gasteiger partial charge on any atom is 0.147 e. The number of rotatable bonds is 4. The summed E-state index contributed by atoms with van der Waals surface area (Å²) in [4.78, 5) is 0. The van der Waals surface area contributed by atoms with Crippen molar-refractivity contribution in [3.05, 3.63) is 68.6 Å². The van der Waals surface area contributed by atoms with Gasteiger partial charge in [-0.1, -0.05) is 71.7 Å². The van der Waals surface area contributed by atoms with E-state index in [1.807, 2.05) is 0 Å². The zero-order valence-corrected chi connectivity index (χ0v) is 13.8. The molecule has 0 spiro atoms. The van der Waals surface area contributed by atoms with Crippen LogP contribution in [0.4, 0.5) is 0 Å². The van der Waals surface area contributed by atoms with E-state index >= 15 is 0 Å². The molecule has 2 aromatic carbocycles. The summed E-state index contributed by atoms with van der Waals surface area (Å²) in [5, 5.41) is 1.31. The molecule has 21 heavy (non-hydrogen) atoms. The van der Waals surface area contributed by atoms with Crippen molar-refractivity contribution in [1.29, 1.82) is 0 Å². The van der Waals surface area contributed by atoms with Gasteiger partial charge in [0, 0.05) is 0 Å². The Balaban J connectivity index is 2.44. The third-order valence-electron chi connectivity index (χ3n) is 2.81. The summed E-state index contributed by atoms with van der Waals surface area (Å²) in [6.07, 6.45) is 3.22. The SMILES string of the molecule is C=Cc1ccc(Oc2ccc(C=C)c(Cl)c2Cl)c(Cl)c1Cl. The predicted molar refractivity (Wildman–Crippen MR) is 93.2 cm³/mol. The lowest BCUT2D eigenvalue weighted by molar-refractivity contribution is 0.483. The topological polar surface area (TPSA) is 9.23 Å². The summed E-state index contributed by atoms with van der Waals surface area (Å²) in [5.74, 6) is 0.771. The smallest absolute Gasteiger partial charge is 0.147 e. The first-order valence-electron chi connectivity index (χ1n) is 5.88. The van der Waals surface area contributed by atoms with Crippen LogP contribution in [0.5, 0.6) is 11.5 Å². The van der Waals surface area contributed by atoms with Gasteiger partial charge in [0.15, 0.2) is 0 Å². The lowest BCUT2D eigenvalue weighted by Crippen LogP contribution is -1.90. The minimum atomic E-state index is 0.286. The third kappa shape index (κ3) is 3.22. The third-order valence-corrected chi connectivity index (χ3v) is 4.57. The lowest BCUT2D eigenvalue weighted by atomic mass is 10.2. The lowest BCUT2D eigenvalue weighted by Gasteiger charge is -2.13. The van der Waals surface area contributed by atoms with Crippen LogP contribution in [0.15, 0.2) is 37.4 Å². The minimum Gasteiger partial charge on any atom is -0.454 e. The highest BCUT2D eigenvalue weighted by Gasteiger charge is 2.14. The molecule has 2 aromatic rings. The average molecular weight is 360 g/mol.